The van der Waals surface area contributed by atoms with E-state index in [-0.39, 0.29) is 11.9 Å². The highest BCUT2D eigenvalue weighted by Gasteiger charge is 2.31. The second-order valence-corrected chi connectivity index (χ2v) is 7.52. The molecule has 2 atom stereocenters. The summed E-state index contributed by atoms with van der Waals surface area (Å²) in [5.41, 5.74) is 3.22. The maximum absolute atomic E-state index is 12.2. The van der Waals surface area contributed by atoms with Crippen molar-refractivity contribution in [3.63, 3.8) is 0 Å². The third kappa shape index (κ3) is 4.86. The van der Waals surface area contributed by atoms with E-state index in [1.165, 1.54) is 0 Å². The van der Waals surface area contributed by atoms with Crippen molar-refractivity contribution in [1.29, 1.82) is 0 Å². The van der Waals surface area contributed by atoms with E-state index in [9.17, 15) is 4.79 Å². The van der Waals surface area contributed by atoms with Gasteiger partial charge < -0.3 is 15.6 Å². The molecule has 134 valence electrons. The van der Waals surface area contributed by atoms with Gasteiger partial charge in [0.25, 0.3) is 0 Å². The smallest absolute Gasteiger partial charge is 0.220 e. The number of aryl methyl sites for hydroxylation is 1. The Hall–Kier alpha value is -1.78. The fraction of sp³-hybridized carbons (Fsp3) is 0.450. The quantitative estimate of drug-likeness (QED) is 0.702. The molecule has 1 aliphatic carbocycles. The van der Waals surface area contributed by atoms with Gasteiger partial charge in [0.15, 0.2) is 0 Å². The maximum Gasteiger partial charge on any atom is 0.220 e. The van der Waals surface area contributed by atoms with Crippen LogP contribution in [-0.2, 0) is 11.2 Å². The fourth-order valence-electron chi connectivity index (χ4n) is 3.21. The van der Waals surface area contributed by atoms with Gasteiger partial charge in [-0.2, -0.15) is 0 Å². The highest BCUT2D eigenvalue weighted by atomic mass is 35.5. The summed E-state index contributed by atoms with van der Waals surface area (Å²) in [5.74, 6) is 0.128. The summed E-state index contributed by atoms with van der Waals surface area (Å²) < 4.78 is 0. The number of carbonyl (C=O) groups excluding carboxylic acids is 1. The van der Waals surface area contributed by atoms with Crippen LogP contribution < -0.4 is 10.6 Å². The normalized spacial score (nSPS) is 19.7. The molecule has 0 aliphatic heterocycles. The third-order valence-electron chi connectivity index (χ3n) is 4.69. The van der Waals surface area contributed by atoms with Crippen LogP contribution in [0, 0.1) is 0 Å². The van der Waals surface area contributed by atoms with Gasteiger partial charge in [-0.3, -0.25) is 4.79 Å². The molecule has 0 bridgehead atoms. The van der Waals surface area contributed by atoms with Crippen LogP contribution in [0.25, 0.3) is 11.3 Å². The van der Waals surface area contributed by atoms with Gasteiger partial charge in [-0.1, -0.05) is 37.6 Å². The topological polar surface area (TPSA) is 56.9 Å². The molecule has 5 heteroatoms. The summed E-state index contributed by atoms with van der Waals surface area (Å²) in [6.07, 6.45) is 3.43. The zero-order valence-corrected chi connectivity index (χ0v) is 15.6. The lowest BCUT2D eigenvalue weighted by Gasteiger charge is -2.39. The van der Waals surface area contributed by atoms with E-state index in [0.717, 1.165) is 34.8 Å². The second kappa shape index (κ2) is 8.07. The van der Waals surface area contributed by atoms with Crippen LogP contribution in [0.5, 0.6) is 0 Å². The summed E-state index contributed by atoms with van der Waals surface area (Å²) in [5, 5.41) is 7.39. The molecular weight excluding hydrogens is 334 g/mol. The first-order chi connectivity index (χ1) is 12.0. The Morgan fingerprint density at radius 3 is 2.52 bits per heavy atom. The first kappa shape index (κ1) is 18.0. The Bertz CT molecular complexity index is 708. The molecule has 0 spiro atoms. The van der Waals surface area contributed by atoms with Crippen molar-refractivity contribution < 1.29 is 4.79 Å². The minimum Gasteiger partial charge on any atom is -0.358 e. The number of aromatic amines is 1. The highest BCUT2D eigenvalue weighted by Crippen LogP contribution is 2.22. The number of benzene rings is 1. The third-order valence-corrected chi connectivity index (χ3v) is 4.94. The molecule has 3 N–H and O–H groups in total. The maximum atomic E-state index is 12.2. The minimum absolute atomic E-state index is 0.128. The van der Waals surface area contributed by atoms with Crippen LogP contribution in [0.4, 0.5) is 0 Å². The number of rotatable bonds is 7. The number of carbonyl (C=O) groups is 1. The Morgan fingerprint density at radius 2 is 1.88 bits per heavy atom. The number of H-pyrrole nitrogens is 1. The van der Waals surface area contributed by atoms with Gasteiger partial charge in [-0.15, -0.1) is 0 Å². The molecule has 1 aromatic carbocycles. The predicted octanol–water partition coefficient (Wildman–Crippen LogP) is 3.91. The van der Waals surface area contributed by atoms with Gasteiger partial charge in [-0.25, -0.2) is 0 Å². The van der Waals surface area contributed by atoms with Gasteiger partial charge in [0, 0.05) is 41.0 Å². The van der Waals surface area contributed by atoms with E-state index in [2.05, 4.69) is 29.5 Å². The lowest BCUT2D eigenvalue weighted by molar-refractivity contribution is -0.122. The van der Waals surface area contributed by atoms with Crippen LogP contribution in [-0.4, -0.2) is 29.0 Å². The lowest BCUT2D eigenvalue weighted by atomic mass is 9.85. The van der Waals surface area contributed by atoms with Crippen LogP contribution in [0.3, 0.4) is 0 Å². The first-order valence-electron chi connectivity index (χ1n) is 9.00. The van der Waals surface area contributed by atoms with Crippen molar-refractivity contribution in [3.8, 4) is 11.3 Å². The van der Waals surface area contributed by atoms with Crippen LogP contribution in [0.2, 0.25) is 5.02 Å². The number of hydrogen-bond acceptors (Lipinski definition) is 2. The average molecular weight is 360 g/mol. The first-order valence-corrected chi connectivity index (χ1v) is 9.38. The summed E-state index contributed by atoms with van der Waals surface area (Å²) >= 11 is 5.93. The van der Waals surface area contributed by atoms with Crippen molar-refractivity contribution in [2.24, 2.45) is 0 Å². The number of nitrogens with one attached hydrogen (secondary N) is 3. The van der Waals surface area contributed by atoms with Crippen LogP contribution in [0.1, 0.15) is 38.8 Å². The van der Waals surface area contributed by atoms with E-state index < -0.39 is 0 Å². The molecule has 3 rings (SSSR count). The summed E-state index contributed by atoms with van der Waals surface area (Å²) in [6, 6.07) is 13.0. The Kier molecular flexibility index (Phi) is 5.82. The van der Waals surface area contributed by atoms with Gasteiger partial charge in [0.05, 0.1) is 0 Å². The molecule has 1 fully saturated rings. The van der Waals surface area contributed by atoms with Crippen molar-refractivity contribution in [3.05, 3.63) is 47.1 Å². The molecule has 1 heterocycles. The molecule has 1 saturated carbocycles. The van der Waals surface area contributed by atoms with E-state index in [1.807, 2.05) is 36.4 Å². The molecule has 0 unspecified atom stereocenters. The van der Waals surface area contributed by atoms with Crippen LogP contribution in [0.15, 0.2) is 36.4 Å². The van der Waals surface area contributed by atoms with E-state index >= 15 is 0 Å². The SMILES string of the molecule is CC(C)N[C@@H]1CC[C@@H]1NC(=O)CCc1ccc(-c2ccc(Cl)cc2)[nH]1. The monoisotopic (exact) mass is 359 g/mol. The Morgan fingerprint density at radius 1 is 1.16 bits per heavy atom. The highest BCUT2D eigenvalue weighted by molar-refractivity contribution is 6.30. The van der Waals surface area contributed by atoms with Gasteiger partial charge in [0.2, 0.25) is 5.91 Å². The fourth-order valence-corrected chi connectivity index (χ4v) is 3.34. The predicted molar refractivity (Wildman–Crippen MR) is 103 cm³/mol. The van der Waals surface area contributed by atoms with Crippen molar-refractivity contribution >= 4 is 17.5 Å². The van der Waals surface area contributed by atoms with Crippen LogP contribution >= 0.6 is 11.6 Å². The molecule has 1 aliphatic rings. The van der Waals surface area contributed by atoms with Crippen molar-refractivity contribution in [2.45, 2.75) is 57.7 Å². The number of aromatic nitrogens is 1. The molecule has 25 heavy (non-hydrogen) atoms. The number of hydrogen-bond donors (Lipinski definition) is 3. The average Bonchev–Trinajstić information content (AvgIpc) is 3.04. The van der Waals surface area contributed by atoms with Crippen molar-refractivity contribution in [2.75, 3.05) is 0 Å². The van der Waals surface area contributed by atoms with Gasteiger partial charge in [-0.05, 0) is 49.1 Å². The molecule has 0 radical (unpaired) electrons. The molecule has 0 saturated heterocycles. The molecule has 1 aromatic heterocycles. The van der Waals surface area contributed by atoms with Gasteiger partial charge in [0.1, 0.15) is 0 Å². The largest absolute Gasteiger partial charge is 0.358 e. The van der Waals surface area contributed by atoms with Gasteiger partial charge >= 0.3 is 0 Å². The second-order valence-electron chi connectivity index (χ2n) is 7.08. The number of amides is 1. The number of halogens is 1. The summed E-state index contributed by atoms with van der Waals surface area (Å²) in [4.78, 5) is 15.6. The van der Waals surface area contributed by atoms with E-state index in [0.29, 0.717) is 24.9 Å². The minimum atomic E-state index is 0.128. The standard InChI is InChI=1S/C20H26ClN3O/c1-13(2)22-18-10-11-19(18)24-20(25)12-8-16-7-9-17(23-16)14-3-5-15(21)6-4-14/h3-7,9,13,18-19,22-23H,8,10-12H2,1-2H3,(H,24,25)/t18-,19+/m1/s1. The summed E-state index contributed by atoms with van der Waals surface area (Å²) in [6.45, 7) is 4.28. The molecule has 4 nitrogen and oxygen atoms in total. The molecule has 2 aromatic rings. The lowest BCUT2D eigenvalue weighted by Crippen LogP contribution is -2.58. The van der Waals surface area contributed by atoms with E-state index in [4.69, 9.17) is 11.6 Å². The zero-order chi connectivity index (χ0) is 17.8. The molecule has 1 amide bonds. The Balaban J connectivity index is 1.47. The molecular formula is C20H26ClN3O. The zero-order valence-electron chi connectivity index (χ0n) is 14.8. The Labute approximate surface area is 154 Å². The van der Waals surface area contributed by atoms with Crippen molar-refractivity contribution in [1.82, 2.24) is 15.6 Å². The van der Waals surface area contributed by atoms with E-state index in [1.54, 1.807) is 0 Å². The summed E-state index contributed by atoms with van der Waals surface area (Å²) in [7, 11) is 0.